The molecule has 4 heteroatoms. The Labute approximate surface area is 116 Å². The number of hydrogen-bond donors (Lipinski definition) is 2. The van der Waals surface area contributed by atoms with E-state index in [-0.39, 0.29) is 5.91 Å². The first-order valence-electron chi connectivity index (χ1n) is 6.72. The fourth-order valence-electron chi connectivity index (χ4n) is 2.07. The normalized spacial score (nSPS) is 13.9. The summed E-state index contributed by atoms with van der Waals surface area (Å²) in [5, 5.41) is 3.18. The van der Waals surface area contributed by atoms with Gasteiger partial charge in [0.25, 0.3) is 0 Å². The molecule has 0 saturated heterocycles. The van der Waals surface area contributed by atoms with Gasteiger partial charge in [-0.15, -0.1) is 0 Å². The molecule has 1 unspecified atom stereocenters. The fraction of sp³-hybridized carbons (Fsp3) is 0.533. The molecule has 1 aromatic rings. The summed E-state index contributed by atoms with van der Waals surface area (Å²) in [7, 11) is 2.03. The highest BCUT2D eigenvalue weighted by Crippen LogP contribution is 2.17. The fourth-order valence-corrected chi connectivity index (χ4v) is 2.07. The molecule has 0 spiro atoms. The van der Waals surface area contributed by atoms with E-state index in [2.05, 4.69) is 35.3 Å². The maximum Gasteiger partial charge on any atom is 0.237 e. The van der Waals surface area contributed by atoms with Crippen molar-refractivity contribution in [1.82, 2.24) is 5.32 Å². The van der Waals surface area contributed by atoms with Crippen molar-refractivity contribution in [3.63, 3.8) is 0 Å². The zero-order valence-corrected chi connectivity index (χ0v) is 12.4. The number of primary amides is 1. The molecule has 1 rings (SSSR count). The van der Waals surface area contributed by atoms with E-state index in [4.69, 9.17) is 5.73 Å². The maximum atomic E-state index is 11.6. The largest absolute Gasteiger partial charge is 0.375 e. The molecule has 0 saturated carbocycles. The third-order valence-electron chi connectivity index (χ3n) is 3.50. The molecule has 4 nitrogen and oxygen atoms in total. The number of hydrogen-bond acceptors (Lipinski definition) is 3. The zero-order chi connectivity index (χ0) is 14.5. The summed E-state index contributed by atoms with van der Waals surface area (Å²) >= 11 is 0. The molecular formula is C15H25N3O. The van der Waals surface area contributed by atoms with Crippen LogP contribution in [0, 0.1) is 6.92 Å². The molecule has 106 valence electrons. The minimum Gasteiger partial charge on any atom is -0.375 e. The van der Waals surface area contributed by atoms with E-state index < -0.39 is 5.54 Å². The lowest BCUT2D eigenvalue weighted by Crippen LogP contribution is -2.54. The molecule has 0 aromatic heterocycles. The first kappa shape index (κ1) is 15.5. The van der Waals surface area contributed by atoms with E-state index in [1.165, 1.54) is 5.56 Å². The number of carbonyl (C=O) groups is 1. The second kappa shape index (κ2) is 6.57. The van der Waals surface area contributed by atoms with Gasteiger partial charge in [-0.2, -0.15) is 0 Å². The highest BCUT2D eigenvalue weighted by atomic mass is 16.1. The van der Waals surface area contributed by atoms with Gasteiger partial charge in [-0.05, 0) is 44.5 Å². The van der Waals surface area contributed by atoms with Crippen LogP contribution in [0.4, 0.5) is 5.69 Å². The van der Waals surface area contributed by atoms with Crippen LogP contribution in [-0.4, -0.2) is 31.6 Å². The summed E-state index contributed by atoms with van der Waals surface area (Å²) in [6, 6.07) is 8.32. The first-order valence-corrected chi connectivity index (χ1v) is 6.72. The third-order valence-corrected chi connectivity index (χ3v) is 3.50. The Morgan fingerprint density at radius 1 is 1.47 bits per heavy atom. The van der Waals surface area contributed by atoms with Gasteiger partial charge < -0.3 is 16.0 Å². The van der Waals surface area contributed by atoms with Crippen LogP contribution in [-0.2, 0) is 4.79 Å². The molecule has 0 heterocycles. The van der Waals surface area contributed by atoms with Crippen molar-refractivity contribution in [1.29, 1.82) is 0 Å². The molecule has 1 amide bonds. The molecule has 0 radical (unpaired) electrons. The van der Waals surface area contributed by atoms with Crippen LogP contribution in [0.25, 0.3) is 0 Å². The lowest BCUT2D eigenvalue weighted by atomic mass is 9.96. The predicted octanol–water partition coefficient (Wildman–Crippen LogP) is 1.67. The summed E-state index contributed by atoms with van der Waals surface area (Å²) in [5.41, 5.74) is 7.23. The number of nitrogens with zero attached hydrogens (tertiary/aromatic N) is 1. The van der Waals surface area contributed by atoms with Gasteiger partial charge in [-0.25, -0.2) is 0 Å². The number of nitrogens with two attached hydrogens (primary N) is 1. The van der Waals surface area contributed by atoms with Crippen LogP contribution < -0.4 is 16.0 Å². The smallest absolute Gasteiger partial charge is 0.237 e. The first-order chi connectivity index (χ1) is 8.89. The van der Waals surface area contributed by atoms with Gasteiger partial charge >= 0.3 is 0 Å². The van der Waals surface area contributed by atoms with Crippen LogP contribution in [0.3, 0.4) is 0 Å². The number of nitrogens with one attached hydrogen (secondary N) is 1. The van der Waals surface area contributed by atoms with Crippen molar-refractivity contribution >= 4 is 11.6 Å². The summed E-state index contributed by atoms with van der Waals surface area (Å²) in [6.45, 7) is 7.42. The molecule has 1 atom stereocenters. The van der Waals surface area contributed by atoms with Crippen LogP contribution >= 0.6 is 0 Å². The minimum atomic E-state index is -0.646. The Hall–Kier alpha value is -1.55. The zero-order valence-electron chi connectivity index (χ0n) is 12.4. The Balaban J connectivity index is 2.67. The van der Waals surface area contributed by atoms with Gasteiger partial charge in [0.1, 0.15) is 0 Å². The van der Waals surface area contributed by atoms with E-state index in [0.29, 0.717) is 6.42 Å². The molecule has 0 fully saturated rings. The number of carbonyl (C=O) groups excluding carboxylic acids is 1. The highest BCUT2D eigenvalue weighted by Gasteiger charge is 2.29. The standard InChI is InChI=1S/C15H25N3O/c1-5-17-15(3,14(16)19)9-10-18(4)13-8-6-7-12(2)11-13/h6-8,11,17H,5,9-10H2,1-4H3,(H2,16,19). The van der Waals surface area contributed by atoms with Crippen molar-refractivity contribution in [2.75, 3.05) is 25.0 Å². The van der Waals surface area contributed by atoms with Gasteiger partial charge in [0.2, 0.25) is 5.91 Å². The molecule has 0 bridgehead atoms. The Morgan fingerprint density at radius 2 is 2.16 bits per heavy atom. The topological polar surface area (TPSA) is 58.4 Å². The molecule has 19 heavy (non-hydrogen) atoms. The van der Waals surface area contributed by atoms with Gasteiger partial charge in [-0.3, -0.25) is 4.79 Å². The summed E-state index contributed by atoms with van der Waals surface area (Å²) in [4.78, 5) is 13.7. The number of likely N-dealkylation sites (N-methyl/N-ethyl adjacent to an activating group) is 1. The maximum absolute atomic E-state index is 11.6. The lowest BCUT2D eigenvalue weighted by molar-refractivity contribution is -0.123. The number of anilines is 1. The number of amides is 1. The second-order valence-corrected chi connectivity index (χ2v) is 5.24. The number of rotatable bonds is 7. The van der Waals surface area contributed by atoms with Crippen molar-refractivity contribution in [3.05, 3.63) is 29.8 Å². The summed E-state index contributed by atoms with van der Waals surface area (Å²) < 4.78 is 0. The molecule has 0 aliphatic heterocycles. The average molecular weight is 263 g/mol. The van der Waals surface area contributed by atoms with Crippen LogP contribution in [0.15, 0.2) is 24.3 Å². The molecule has 0 aliphatic rings. The summed E-state index contributed by atoms with van der Waals surface area (Å²) in [6.07, 6.45) is 0.681. The second-order valence-electron chi connectivity index (χ2n) is 5.24. The average Bonchev–Trinajstić information content (AvgIpc) is 2.36. The monoisotopic (exact) mass is 263 g/mol. The third kappa shape index (κ3) is 4.24. The van der Waals surface area contributed by atoms with Crippen molar-refractivity contribution in [2.45, 2.75) is 32.7 Å². The SMILES string of the molecule is CCNC(C)(CCN(C)c1cccc(C)c1)C(N)=O. The molecule has 0 aliphatic carbocycles. The molecular weight excluding hydrogens is 238 g/mol. The van der Waals surface area contributed by atoms with Gasteiger partial charge in [0.05, 0.1) is 5.54 Å². The Bertz CT molecular complexity index is 433. The van der Waals surface area contributed by atoms with Crippen molar-refractivity contribution in [2.24, 2.45) is 5.73 Å². The predicted molar refractivity (Wildman–Crippen MR) is 80.3 cm³/mol. The van der Waals surface area contributed by atoms with Crippen LogP contribution in [0.1, 0.15) is 25.8 Å². The van der Waals surface area contributed by atoms with E-state index in [1.54, 1.807) is 0 Å². The van der Waals surface area contributed by atoms with E-state index >= 15 is 0 Å². The summed E-state index contributed by atoms with van der Waals surface area (Å²) in [5.74, 6) is -0.299. The highest BCUT2D eigenvalue weighted by molar-refractivity contribution is 5.84. The number of benzene rings is 1. The Kier molecular flexibility index (Phi) is 5.36. The van der Waals surface area contributed by atoms with E-state index in [0.717, 1.165) is 18.8 Å². The van der Waals surface area contributed by atoms with E-state index in [1.807, 2.05) is 27.0 Å². The van der Waals surface area contributed by atoms with Crippen molar-refractivity contribution in [3.8, 4) is 0 Å². The van der Waals surface area contributed by atoms with Crippen molar-refractivity contribution < 1.29 is 4.79 Å². The van der Waals surface area contributed by atoms with Gasteiger partial charge in [-0.1, -0.05) is 19.1 Å². The van der Waals surface area contributed by atoms with Crippen LogP contribution in [0.5, 0.6) is 0 Å². The Morgan fingerprint density at radius 3 is 2.68 bits per heavy atom. The van der Waals surface area contributed by atoms with Gasteiger partial charge in [0.15, 0.2) is 0 Å². The van der Waals surface area contributed by atoms with E-state index in [9.17, 15) is 4.79 Å². The quantitative estimate of drug-likeness (QED) is 0.787. The molecule has 3 N–H and O–H groups in total. The minimum absolute atomic E-state index is 0.299. The number of aryl methyl sites for hydroxylation is 1. The lowest BCUT2D eigenvalue weighted by Gasteiger charge is -2.30. The van der Waals surface area contributed by atoms with Gasteiger partial charge in [0, 0.05) is 19.3 Å². The van der Waals surface area contributed by atoms with Crippen LogP contribution in [0.2, 0.25) is 0 Å². The molecule has 1 aromatic carbocycles.